The van der Waals surface area contributed by atoms with Gasteiger partial charge < -0.3 is 0 Å². The van der Waals surface area contributed by atoms with Gasteiger partial charge in [0.1, 0.15) is 12.9 Å². The molecule has 5 nitrogen and oxygen atoms in total. The van der Waals surface area contributed by atoms with E-state index in [1.165, 1.54) is 0 Å². The topological polar surface area (TPSA) is 67.9 Å². The fourth-order valence-electron chi connectivity index (χ4n) is 0.551. The zero-order valence-electron chi connectivity index (χ0n) is 5.20. The van der Waals surface area contributed by atoms with Gasteiger partial charge in [0, 0.05) is 0 Å². The SMILES string of the molecule is O=[N+]([O-])C1(Cl)C=NCN=C1Cl. The Morgan fingerprint density at radius 1 is 1.82 bits per heavy atom. The van der Waals surface area contributed by atoms with Crippen molar-refractivity contribution in [3.8, 4) is 0 Å². The van der Waals surface area contributed by atoms with E-state index in [-0.39, 0.29) is 11.8 Å². The summed E-state index contributed by atoms with van der Waals surface area (Å²) in [7, 11) is 0. The van der Waals surface area contributed by atoms with E-state index in [0.29, 0.717) is 0 Å². The van der Waals surface area contributed by atoms with Gasteiger partial charge in [-0.1, -0.05) is 11.6 Å². The molecule has 0 amide bonds. The van der Waals surface area contributed by atoms with Gasteiger partial charge in [-0.2, -0.15) is 0 Å². The van der Waals surface area contributed by atoms with Gasteiger partial charge in [-0.05, 0) is 11.6 Å². The van der Waals surface area contributed by atoms with Crippen molar-refractivity contribution in [2.24, 2.45) is 9.98 Å². The highest BCUT2D eigenvalue weighted by Gasteiger charge is 2.45. The molecule has 1 rings (SSSR count). The van der Waals surface area contributed by atoms with E-state index in [2.05, 4.69) is 9.98 Å². The van der Waals surface area contributed by atoms with Crippen molar-refractivity contribution in [1.29, 1.82) is 0 Å². The molecule has 0 saturated carbocycles. The molecule has 1 aliphatic heterocycles. The third kappa shape index (κ3) is 1.34. The van der Waals surface area contributed by atoms with E-state index < -0.39 is 9.92 Å². The number of rotatable bonds is 1. The van der Waals surface area contributed by atoms with Crippen molar-refractivity contribution in [2.45, 2.75) is 5.00 Å². The van der Waals surface area contributed by atoms with Crippen LogP contribution in [0.15, 0.2) is 9.98 Å². The molecule has 0 spiro atoms. The number of nitrogens with zero attached hydrogens (tertiary/aromatic N) is 3. The van der Waals surface area contributed by atoms with Gasteiger partial charge in [-0.15, -0.1) is 0 Å². The highest BCUT2D eigenvalue weighted by Crippen LogP contribution is 2.20. The van der Waals surface area contributed by atoms with Crippen LogP contribution in [0.2, 0.25) is 0 Å². The summed E-state index contributed by atoms with van der Waals surface area (Å²) in [4.78, 5) is 14.7. The Morgan fingerprint density at radius 2 is 2.45 bits per heavy atom. The van der Waals surface area contributed by atoms with Crippen LogP contribution in [-0.4, -0.2) is 28.0 Å². The molecular formula is C4H3Cl2N3O2. The minimum atomic E-state index is -1.94. The average Bonchev–Trinajstić information content (AvgIpc) is 1.95. The van der Waals surface area contributed by atoms with Gasteiger partial charge in [-0.25, -0.2) is 4.99 Å². The van der Waals surface area contributed by atoms with E-state index in [0.717, 1.165) is 6.21 Å². The van der Waals surface area contributed by atoms with Gasteiger partial charge in [0.2, 0.25) is 5.17 Å². The molecule has 0 aromatic rings. The molecule has 1 unspecified atom stereocenters. The molecule has 0 fully saturated rings. The maximum Gasteiger partial charge on any atom is 0.382 e. The molecule has 0 N–H and O–H groups in total. The molecule has 60 valence electrons. The number of nitro groups is 1. The fourth-order valence-corrected chi connectivity index (χ4v) is 0.851. The van der Waals surface area contributed by atoms with E-state index >= 15 is 0 Å². The first-order valence-corrected chi connectivity index (χ1v) is 3.38. The van der Waals surface area contributed by atoms with Crippen LogP contribution in [-0.2, 0) is 0 Å². The molecule has 7 heteroatoms. The second-order valence-electron chi connectivity index (χ2n) is 1.83. The lowest BCUT2D eigenvalue weighted by Crippen LogP contribution is -2.41. The molecule has 0 radical (unpaired) electrons. The predicted octanol–water partition coefficient (Wildman–Crippen LogP) is 0.877. The van der Waals surface area contributed by atoms with Crippen LogP contribution in [0.3, 0.4) is 0 Å². The Kier molecular flexibility index (Phi) is 2.10. The molecule has 1 aliphatic rings. The summed E-state index contributed by atoms with van der Waals surface area (Å²) in [6.45, 7) is 0.0984. The maximum atomic E-state index is 10.3. The lowest BCUT2D eigenvalue weighted by molar-refractivity contribution is -0.499. The zero-order chi connectivity index (χ0) is 8.48. The summed E-state index contributed by atoms with van der Waals surface area (Å²) in [5.41, 5.74) is 0. The number of hydrogen-bond donors (Lipinski definition) is 0. The first-order valence-electron chi connectivity index (χ1n) is 2.62. The Labute approximate surface area is 71.9 Å². The van der Waals surface area contributed by atoms with Gasteiger partial charge >= 0.3 is 5.00 Å². The highest BCUT2D eigenvalue weighted by atomic mass is 35.5. The molecule has 0 bridgehead atoms. The Balaban J connectivity index is 3.00. The van der Waals surface area contributed by atoms with E-state index in [1.54, 1.807) is 0 Å². The molecule has 1 atom stereocenters. The summed E-state index contributed by atoms with van der Waals surface area (Å²) in [6, 6.07) is 0. The number of aliphatic imine (C=N–C) groups is 2. The van der Waals surface area contributed by atoms with Gasteiger partial charge in [0.15, 0.2) is 0 Å². The minimum Gasteiger partial charge on any atom is -0.265 e. The molecule has 11 heavy (non-hydrogen) atoms. The first-order chi connectivity index (χ1) is 5.07. The number of hydrogen-bond acceptors (Lipinski definition) is 4. The third-order valence-electron chi connectivity index (χ3n) is 1.11. The van der Waals surface area contributed by atoms with Crippen LogP contribution in [0.4, 0.5) is 0 Å². The second-order valence-corrected chi connectivity index (χ2v) is 2.77. The van der Waals surface area contributed by atoms with Crippen molar-refractivity contribution in [3.63, 3.8) is 0 Å². The van der Waals surface area contributed by atoms with Crippen LogP contribution in [0, 0.1) is 10.1 Å². The maximum absolute atomic E-state index is 10.3. The summed E-state index contributed by atoms with van der Waals surface area (Å²) < 4.78 is 0. The van der Waals surface area contributed by atoms with Crippen molar-refractivity contribution in [1.82, 2.24) is 0 Å². The average molecular weight is 196 g/mol. The van der Waals surface area contributed by atoms with Crippen LogP contribution in [0.1, 0.15) is 0 Å². The predicted molar refractivity (Wildman–Crippen MR) is 42.2 cm³/mol. The van der Waals surface area contributed by atoms with Crippen LogP contribution < -0.4 is 0 Å². The molecule has 0 aromatic heterocycles. The Hall–Kier alpha value is -0.680. The van der Waals surface area contributed by atoms with E-state index in [9.17, 15) is 10.1 Å². The summed E-state index contributed by atoms with van der Waals surface area (Å²) in [6.07, 6.45) is 0.976. The van der Waals surface area contributed by atoms with Crippen molar-refractivity contribution >= 4 is 34.6 Å². The molecular weight excluding hydrogens is 193 g/mol. The third-order valence-corrected chi connectivity index (χ3v) is 2.03. The number of alkyl halides is 1. The summed E-state index contributed by atoms with van der Waals surface area (Å²) in [5.74, 6) is 0. The summed E-state index contributed by atoms with van der Waals surface area (Å²) in [5, 5.41) is 10.1. The van der Waals surface area contributed by atoms with Gasteiger partial charge in [0.25, 0.3) is 0 Å². The highest BCUT2D eigenvalue weighted by molar-refractivity contribution is 6.74. The van der Waals surface area contributed by atoms with Crippen LogP contribution in [0.25, 0.3) is 0 Å². The molecule has 0 aliphatic carbocycles. The van der Waals surface area contributed by atoms with Gasteiger partial charge in [0.05, 0.1) is 4.92 Å². The molecule has 0 saturated heterocycles. The zero-order valence-corrected chi connectivity index (χ0v) is 6.71. The monoisotopic (exact) mass is 195 g/mol. The summed E-state index contributed by atoms with van der Waals surface area (Å²) >= 11 is 10.9. The lowest BCUT2D eigenvalue weighted by Gasteiger charge is -2.13. The molecule has 1 heterocycles. The second kappa shape index (κ2) is 2.75. The first kappa shape index (κ1) is 8.42. The van der Waals surface area contributed by atoms with Crippen LogP contribution >= 0.6 is 23.2 Å². The van der Waals surface area contributed by atoms with Crippen molar-refractivity contribution in [2.75, 3.05) is 6.67 Å². The van der Waals surface area contributed by atoms with Crippen molar-refractivity contribution in [3.05, 3.63) is 10.1 Å². The smallest absolute Gasteiger partial charge is 0.265 e. The van der Waals surface area contributed by atoms with E-state index in [1.807, 2.05) is 0 Å². The minimum absolute atomic E-state index is 0.0984. The molecule has 0 aromatic carbocycles. The standard InChI is InChI=1S/C4H3Cl2N3O2/c5-3-4(6,9(10)11)1-7-2-8-3/h1H,2H2. The number of halogens is 2. The Bertz CT molecular complexity index is 252. The largest absolute Gasteiger partial charge is 0.382 e. The van der Waals surface area contributed by atoms with E-state index in [4.69, 9.17) is 23.2 Å². The quantitative estimate of drug-likeness (QED) is 0.270. The van der Waals surface area contributed by atoms with Crippen LogP contribution in [0.5, 0.6) is 0 Å². The normalized spacial score (nSPS) is 29.8. The van der Waals surface area contributed by atoms with Gasteiger partial charge in [-0.3, -0.25) is 15.1 Å². The lowest BCUT2D eigenvalue weighted by atomic mass is 10.3. The van der Waals surface area contributed by atoms with Crippen molar-refractivity contribution < 1.29 is 4.92 Å². The Morgan fingerprint density at radius 3 is 2.82 bits per heavy atom. The fraction of sp³-hybridized carbons (Fsp3) is 0.500.